The van der Waals surface area contributed by atoms with Crippen molar-refractivity contribution < 1.29 is 18.4 Å². The summed E-state index contributed by atoms with van der Waals surface area (Å²) in [4.78, 5) is 9.87. The van der Waals surface area contributed by atoms with Crippen molar-refractivity contribution in [3.05, 3.63) is 34.4 Å². The summed E-state index contributed by atoms with van der Waals surface area (Å²) in [6.45, 7) is 0.757. The summed E-state index contributed by atoms with van der Waals surface area (Å²) in [6.07, 6.45) is -0.838. The van der Waals surface area contributed by atoms with Gasteiger partial charge in [-0.15, -0.1) is 0 Å². The number of nitrogens with zero attached hydrogens (tertiary/aromatic N) is 2. The Balaban J connectivity index is 2.42. The summed E-state index contributed by atoms with van der Waals surface area (Å²) in [5.74, 6) is 0. The third-order valence-electron chi connectivity index (χ3n) is 3.01. The molecule has 20 heavy (non-hydrogen) atoms. The van der Waals surface area contributed by atoms with Crippen LogP contribution in [-0.2, 0) is 10.0 Å². The minimum absolute atomic E-state index is 0.0820. The number of aliphatic hydroxyl groups is 1. The molecule has 0 saturated carbocycles. The van der Waals surface area contributed by atoms with Crippen molar-refractivity contribution in [1.82, 2.24) is 9.62 Å². The van der Waals surface area contributed by atoms with E-state index < -0.39 is 26.7 Å². The van der Waals surface area contributed by atoms with Crippen LogP contribution in [-0.4, -0.2) is 55.0 Å². The van der Waals surface area contributed by atoms with Crippen LogP contribution in [0.2, 0.25) is 0 Å². The van der Waals surface area contributed by atoms with Gasteiger partial charge in [0.1, 0.15) is 0 Å². The first kappa shape index (κ1) is 14.9. The number of rotatable bonds is 3. The largest absolute Gasteiger partial charge is 0.390 e. The first-order valence-corrected chi connectivity index (χ1v) is 7.49. The van der Waals surface area contributed by atoms with Gasteiger partial charge in [-0.05, 0) is 6.07 Å². The van der Waals surface area contributed by atoms with Gasteiger partial charge < -0.3 is 10.4 Å². The van der Waals surface area contributed by atoms with Crippen molar-refractivity contribution in [1.29, 1.82) is 0 Å². The average Bonchev–Trinajstić information content (AvgIpc) is 2.64. The van der Waals surface area contributed by atoms with E-state index in [1.54, 1.807) is 0 Å². The fourth-order valence-electron chi connectivity index (χ4n) is 2.05. The molecule has 9 heteroatoms. The third kappa shape index (κ3) is 2.96. The highest BCUT2D eigenvalue weighted by atomic mass is 32.2. The Morgan fingerprint density at radius 2 is 2.10 bits per heavy atom. The summed E-state index contributed by atoms with van der Waals surface area (Å²) in [5.41, 5.74) is -0.459. The maximum absolute atomic E-state index is 12.5. The summed E-state index contributed by atoms with van der Waals surface area (Å²) in [6, 6.07) is 5.21. The molecule has 2 N–H and O–H groups in total. The number of hydrogen-bond donors (Lipinski definition) is 2. The number of nitro groups is 1. The molecule has 1 unspecified atom stereocenters. The van der Waals surface area contributed by atoms with Crippen LogP contribution in [0.15, 0.2) is 29.2 Å². The van der Waals surface area contributed by atoms with E-state index in [0.717, 1.165) is 10.4 Å². The first-order valence-electron chi connectivity index (χ1n) is 6.05. The van der Waals surface area contributed by atoms with Crippen molar-refractivity contribution in [2.75, 3.05) is 26.2 Å². The predicted molar refractivity (Wildman–Crippen MR) is 70.7 cm³/mol. The number of nitro benzene ring substituents is 1. The van der Waals surface area contributed by atoms with Crippen LogP contribution in [0.5, 0.6) is 0 Å². The maximum Gasteiger partial charge on any atom is 0.289 e. The molecule has 1 heterocycles. The number of aliphatic hydroxyl groups excluding tert-OH is 1. The van der Waals surface area contributed by atoms with E-state index in [-0.39, 0.29) is 18.0 Å². The van der Waals surface area contributed by atoms with Gasteiger partial charge in [0.2, 0.25) is 10.0 Å². The zero-order valence-corrected chi connectivity index (χ0v) is 11.4. The molecule has 1 aromatic rings. The number of benzene rings is 1. The molecule has 0 spiro atoms. The molecule has 0 aromatic heterocycles. The standard InChI is InChI=1S/C11H15N3O5S/c15-9-7-12-5-6-13(8-9)20(18,19)11-4-2-1-3-10(11)14(16)17/h1-4,9,12,15H,5-8H2. The van der Waals surface area contributed by atoms with Crippen LogP contribution in [0.3, 0.4) is 0 Å². The molecule has 1 aliphatic rings. The lowest BCUT2D eigenvalue weighted by Gasteiger charge is -2.21. The normalized spacial score (nSPS) is 21.4. The molecular weight excluding hydrogens is 286 g/mol. The number of nitrogens with one attached hydrogen (secondary N) is 1. The van der Waals surface area contributed by atoms with E-state index in [1.807, 2.05) is 0 Å². The molecule has 2 rings (SSSR count). The maximum atomic E-state index is 12.5. The van der Waals surface area contributed by atoms with E-state index in [1.165, 1.54) is 18.2 Å². The van der Waals surface area contributed by atoms with E-state index in [4.69, 9.17) is 0 Å². The van der Waals surface area contributed by atoms with Crippen LogP contribution in [0.25, 0.3) is 0 Å². The van der Waals surface area contributed by atoms with Gasteiger partial charge in [0.25, 0.3) is 5.69 Å². The average molecular weight is 301 g/mol. The second-order valence-electron chi connectivity index (χ2n) is 4.45. The highest BCUT2D eigenvalue weighted by Crippen LogP contribution is 2.26. The van der Waals surface area contributed by atoms with Crippen LogP contribution >= 0.6 is 0 Å². The molecule has 1 atom stereocenters. The summed E-state index contributed by atoms with van der Waals surface area (Å²) in [5, 5.41) is 23.5. The van der Waals surface area contributed by atoms with Crippen molar-refractivity contribution in [3.8, 4) is 0 Å². The van der Waals surface area contributed by atoms with Gasteiger partial charge >= 0.3 is 0 Å². The van der Waals surface area contributed by atoms with Gasteiger partial charge in [0.15, 0.2) is 4.90 Å². The fourth-order valence-corrected chi connectivity index (χ4v) is 3.68. The Morgan fingerprint density at radius 1 is 1.40 bits per heavy atom. The molecule has 0 amide bonds. The Hall–Kier alpha value is -1.55. The van der Waals surface area contributed by atoms with E-state index in [2.05, 4.69) is 5.32 Å². The van der Waals surface area contributed by atoms with Crippen molar-refractivity contribution in [2.45, 2.75) is 11.0 Å². The lowest BCUT2D eigenvalue weighted by atomic mass is 10.3. The van der Waals surface area contributed by atoms with E-state index in [9.17, 15) is 23.6 Å². The lowest BCUT2D eigenvalue weighted by molar-refractivity contribution is -0.387. The second kappa shape index (κ2) is 5.83. The second-order valence-corrected chi connectivity index (χ2v) is 6.35. The molecule has 0 aliphatic carbocycles. The van der Waals surface area contributed by atoms with Gasteiger partial charge in [-0.1, -0.05) is 12.1 Å². The zero-order valence-electron chi connectivity index (χ0n) is 10.6. The van der Waals surface area contributed by atoms with Gasteiger partial charge in [-0.2, -0.15) is 4.31 Å². The SMILES string of the molecule is O=[N+]([O-])c1ccccc1S(=O)(=O)N1CCNCC(O)C1. The predicted octanol–water partition coefficient (Wildman–Crippen LogP) is -0.450. The van der Waals surface area contributed by atoms with Crippen molar-refractivity contribution in [3.63, 3.8) is 0 Å². The smallest absolute Gasteiger partial charge is 0.289 e. The highest BCUT2D eigenvalue weighted by Gasteiger charge is 2.33. The molecule has 0 bridgehead atoms. The Morgan fingerprint density at radius 3 is 2.80 bits per heavy atom. The molecule has 1 aliphatic heterocycles. The number of sulfonamides is 1. The first-order chi connectivity index (χ1) is 9.43. The topological polar surface area (TPSA) is 113 Å². The molecule has 110 valence electrons. The van der Waals surface area contributed by atoms with Gasteiger partial charge in [-0.3, -0.25) is 10.1 Å². The third-order valence-corrected chi connectivity index (χ3v) is 4.92. The van der Waals surface area contributed by atoms with E-state index >= 15 is 0 Å². The number of para-hydroxylation sites is 1. The van der Waals surface area contributed by atoms with Crippen molar-refractivity contribution in [2.24, 2.45) is 0 Å². The quantitative estimate of drug-likeness (QED) is 0.577. The summed E-state index contributed by atoms with van der Waals surface area (Å²) in [7, 11) is -4.00. The van der Waals surface area contributed by atoms with E-state index in [0.29, 0.717) is 13.1 Å². The minimum Gasteiger partial charge on any atom is -0.390 e. The van der Waals surface area contributed by atoms with Crippen LogP contribution in [0.4, 0.5) is 5.69 Å². The molecule has 0 radical (unpaired) electrons. The van der Waals surface area contributed by atoms with Crippen LogP contribution in [0, 0.1) is 10.1 Å². The Labute approximate surface area is 116 Å². The fraction of sp³-hybridized carbons (Fsp3) is 0.455. The lowest BCUT2D eigenvalue weighted by Crippen LogP contribution is -2.37. The number of β-amino-alcohol motifs (C(OH)–C–C–N with tert-alkyl or cyclic N) is 1. The van der Waals surface area contributed by atoms with Crippen molar-refractivity contribution >= 4 is 15.7 Å². The monoisotopic (exact) mass is 301 g/mol. The molecule has 8 nitrogen and oxygen atoms in total. The molecule has 1 saturated heterocycles. The number of hydrogen-bond acceptors (Lipinski definition) is 6. The molecule has 1 fully saturated rings. The zero-order chi connectivity index (χ0) is 14.8. The summed E-state index contributed by atoms with van der Waals surface area (Å²) >= 11 is 0. The van der Waals surface area contributed by atoms with Crippen LogP contribution in [0.1, 0.15) is 0 Å². The Bertz CT molecular complexity index is 604. The Kier molecular flexibility index (Phi) is 4.33. The minimum atomic E-state index is -4.00. The molecule has 1 aromatic carbocycles. The highest BCUT2D eigenvalue weighted by molar-refractivity contribution is 7.89. The van der Waals surface area contributed by atoms with Gasteiger partial charge in [0, 0.05) is 32.2 Å². The summed E-state index contributed by atoms with van der Waals surface area (Å²) < 4.78 is 26.1. The van der Waals surface area contributed by atoms with Gasteiger partial charge in [-0.25, -0.2) is 8.42 Å². The van der Waals surface area contributed by atoms with Gasteiger partial charge in [0.05, 0.1) is 11.0 Å². The van der Waals surface area contributed by atoms with Crippen LogP contribution < -0.4 is 5.32 Å². The molecular formula is C11H15N3O5S.